The van der Waals surface area contributed by atoms with Crippen molar-refractivity contribution in [3.05, 3.63) is 35.9 Å². The van der Waals surface area contributed by atoms with Gasteiger partial charge in [0.25, 0.3) is 0 Å². The third-order valence-corrected chi connectivity index (χ3v) is 4.01. The minimum atomic E-state index is -0.693. The van der Waals surface area contributed by atoms with E-state index in [9.17, 15) is 9.59 Å². The van der Waals surface area contributed by atoms with Gasteiger partial charge in [0.05, 0.1) is 19.8 Å². The molecule has 0 unspecified atom stereocenters. The number of carbonyl (C=O) groups excluding carboxylic acids is 2. The molecule has 1 saturated heterocycles. The number of nitrogens with one attached hydrogen (secondary N) is 2. The molecule has 0 spiro atoms. The number of rotatable bonds is 6. The molecule has 0 saturated carbocycles. The van der Waals surface area contributed by atoms with E-state index in [1.54, 1.807) is 0 Å². The Morgan fingerprint density at radius 3 is 2.38 bits per heavy atom. The number of methoxy groups -OCH3 is 1. The highest BCUT2D eigenvalue weighted by atomic mass is 16.6. The molecule has 1 aromatic carbocycles. The topological polar surface area (TPSA) is 80.0 Å². The molecular weight excluding hydrogens is 308 g/mol. The minimum absolute atomic E-state index is 0.0212. The Labute approximate surface area is 142 Å². The van der Waals surface area contributed by atoms with E-state index in [2.05, 4.69) is 15.4 Å². The Kier molecular flexibility index (Phi) is 5.83. The van der Waals surface area contributed by atoms with Crippen molar-refractivity contribution in [2.24, 2.45) is 5.41 Å². The Bertz CT molecular complexity index is 564. The predicted octanol–water partition coefficient (Wildman–Crippen LogP) is 1.88. The first kappa shape index (κ1) is 18.3. The molecule has 24 heavy (non-hydrogen) atoms. The first-order valence-electron chi connectivity index (χ1n) is 8.11. The van der Waals surface area contributed by atoms with Crippen LogP contribution in [0.5, 0.6) is 0 Å². The quantitative estimate of drug-likeness (QED) is 0.779. The summed E-state index contributed by atoms with van der Waals surface area (Å²) in [4.78, 5) is 24.3. The average Bonchev–Trinajstić information content (AvgIpc) is 3.36. The molecule has 2 N–H and O–H groups in total. The standard InChI is InChI=1S/C18H26N2O4/c1-18(2,3)15(20-17(22)23-4)16(21)19-13(14-11-24-14)10-12-8-6-5-7-9-12/h5-9,13-15H,10-11H2,1-4H3,(H,19,21)(H,20,22)/t13-,14-,15+/m0/s1. The maximum absolute atomic E-state index is 12.7. The fraction of sp³-hybridized carbons (Fsp3) is 0.556. The van der Waals surface area contributed by atoms with Gasteiger partial charge in [-0.1, -0.05) is 51.1 Å². The molecule has 2 rings (SSSR count). The number of ether oxygens (including phenoxy) is 2. The maximum atomic E-state index is 12.7. The first-order chi connectivity index (χ1) is 11.3. The summed E-state index contributed by atoms with van der Waals surface area (Å²) < 4.78 is 10.0. The van der Waals surface area contributed by atoms with Crippen molar-refractivity contribution in [3.63, 3.8) is 0 Å². The summed E-state index contributed by atoms with van der Waals surface area (Å²) >= 11 is 0. The van der Waals surface area contributed by atoms with Crippen LogP contribution in [0.15, 0.2) is 30.3 Å². The van der Waals surface area contributed by atoms with Crippen LogP contribution in [0.4, 0.5) is 4.79 Å². The van der Waals surface area contributed by atoms with Crippen molar-refractivity contribution in [2.75, 3.05) is 13.7 Å². The van der Waals surface area contributed by atoms with Gasteiger partial charge < -0.3 is 20.1 Å². The molecule has 0 bridgehead atoms. The van der Waals surface area contributed by atoms with Gasteiger partial charge in [-0.15, -0.1) is 0 Å². The number of amides is 2. The molecule has 132 valence electrons. The molecule has 2 amide bonds. The summed E-state index contributed by atoms with van der Waals surface area (Å²) in [5.41, 5.74) is 0.687. The Morgan fingerprint density at radius 1 is 1.25 bits per heavy atom. The second kappa shape index (κ2) is 7.66. The van der Waals surface area contributed by atoms with Crippen LogP contribution in [0.1, 0.15) is 26.3 Å². The minimum Gasteiger partial charge on any atom is -0.453 e. The molecule has 0 aromatic heterocycles. The molecule has 0 aliphatic carbocycles. The lowest BCUT2D eigenvalue weighted by Gasteiger charge is -2.31. The van der Waals surface area contributed by atoms with Crippen molar-refractivity contribution in [1.29, 1.82) is 0 Å². The number of hydrogen-bond donors (Lipinski definition) is 2. The fourth-order valence-electron chi connectivity index (χ4n) is 2.55. The highest BCUT2D eigenvalue weighted by Gasteiger charge is 2.38. The van der Waals surface area contributed by atoms with Crippen LogP contribution in [-0.2, 0) is 20.7 Å². The van der Waals surface area contributed by atoms with E-state index < -0.39 is 17.6 Å². The zero-order chi connectivity index (χ0) is 17.7. The monoisotopic (exact) mass is 334 g/mol. The zero-order valence-corrected chi connectivity index (χ0v) is 14.7. The van der Waals surface area contributed by atoms with Gasteiger partial charge in [0.2, 0.25) is 5.91 Å². The van der Waals surface area contributed by atoms with Crippen molar-refractivity contribution in [2.45, 2.75) is 45.4 Å². The summed E-state index contributed by atoms with van der Waals surface area (Å²) in [5, 5.41) is 5.65. The normalized spacial score (nSPS) is 19.1. The fourth-order valence-corrected chi connectivity index (χ4v) is 2.55. The summed E-state index contributed by atoms with van der Waals surface area (Å²) in [6.45, 7) is 6.33. The van der Waals surface area contributed by atoms with E-state index >= 15 is 0 Å². The lowest BCUT2D eigenvalue weighted by atomic mass is 9.86. The van der Waals surface area contributed by atoms with E-state index in [4.69, 9.17) is 4.74 Å². The second-order valence-corrected chi connectivity index (χ2v) is 7.11. The van der Waals surface area contributed by atoms with E-state index in [-0.39, 0.29) is 18.1 Å². The van der Waals surface area contributed by atoms with Gasteiger partial charge in [-0.25, -0.2) is 4.79 Å². The largest absolute Gasteiger partial charge is 0.453 e. The SMILES string of the molecule is COC(=O)N[C@H](C(=O)N[C@@H](Cc1ccccc1)[C@@H]1CO1)C(C)(C)C. The van der Waals surface area contributed by atoms with Crippen LogP contribution in [0.2, 0.25) is 0 Å². The van der Waals surface area contributed by atoms with Gasteiger partial charge in [-0.2, -0.15) is 0 Å². The molecule has 1 aliphatic rings. The van der Waals surface area contributed by atoms with Crippen molar-refractivity contribution >= 4 is 12.0 Å². The number of benzene rings is 1. The molecule has 1 aliphatic heterocycles. The van der Waals surface area contributed by atoms with E-state index in [1.165, 1.54) is 7.11 Å². The van der Waals surface area contributed by atoms with Gasteiger partial charge >= 0.3 is 6.09 Å². The van der Waals surface area contributed by atoms with Gasteiger partial charge in [0, 0.05) is 0 Å². The van der Waals surface area contributed by atoms with Crippen LogP contribution >= 0.6 is 0 Å². The third-order valence-electron chi connectivity index (χ3n) is 4.01. The van der Waals surface area contributed by atoms with Crippen molar-refractivity contribution < 1.29 is 19.1 Å². The summed E-state index contributed by atoms with van der Waals surface area (Å²) in [6, 6.07) is 9.13. The zero-order valence-electron chi connectivity index (χ0n) is 14.7. The van der Waals surface area contributed by atoms with Gasteiger partial charge in [0.1, 0.15) is 12.1 Å². The number of alkyl carbamates (subject to hydrolysis) is 1. The highest BCUT2D eigenvalue weighted by molar-refractivity contribution is 5.86. The Balaban J connectivity index is 2.06. The molecule has 1 fully saturated rings. The van der Waals surface area contributed by atoms with E-state index in [0.29, 0.717) is 13.0 Å². The van der Waals surface area contributed by atoms with Crippen LogP contribution in [0.3, 0.4) is 0 Å². The number of hydrogen-bond acceptors (Lipinski definition) is 4. The molecule has 3 atom stereocenters. The second-order valence-electron chi connectivity index (χ2n) is 7.11. The first-order valence-corrected chi connectivity index (χ1v) is 8.11. The van der Waals surface area contributed by atoms with Gasteiger partial charge in [-0.3, -0.25) is 4.79 Å². The lowest BCUT2D eigenvalue weighted by Crippen LogP contribution is -2.56. The van der Waals surface area contributed by atoms with Gasteiger partial charge in [-0.05, 0) is 17.4 Å². The van der Waals surface area contributed by atoms with Crippen molar-refractivity contribution in [3.8, 4) is 0 Å². The average molecular weight is 334 g/mol. The van der Waals surface area contributed by atoms with Crippen LogP contribution in [0.25, 0.3) is 0 Å². The molecule has 0 radical (unpaired) electrons. The Hall–Kier alpha value is -2.08. The molecular formula is C18H26N2O4. The number of carbonyl (C=O) groups is 2. The molecule has 1 aromatic rings. The maximum Gasteiger partial charge on any atom is 0.407 e. The van der Waals surface area contributed by atoms with Crippen LogP contribution in [-0.4, -0.2) is 43.9 Å². The predicted molar refractivity (Wildman–Crippen MR) is 90.6 cm³/mol. The van der Waals surface area contributed by atoms with E-state index in [1.807, 2.05) is 51.1 Å². The summed E-state index contributed by atoms with van der Waals surface area (Å²) in [5.74, 6) is -0.232. The van der Waals surface area contributed by atoms with Crippen LogP contribution in [0, 0.1) is 5.41 Å². The van der Waals surface area contributed by atoms with Crippen molar-refractivity contribution in [1.82, 2.24) is 10.6 Å². The number of epoxide rings is 1. The van der Waals surface area contributed by atoms with E-state index in [0.717, 1.165) is 5.56 Å². The third kappa shape index (κ3) is 5.23. The highest BCUT2D eigenvalue weighted by Crippen LogP contribution is 2.22. The molecule has 6 heteroatoms. The summed E-state index contributed by atoms with van der Waals surface area (Å²) in [6.07, 6.45) is 0.0899. The summed E-state index contributed by atoms with van der Waals surface area (Å²) in [7, 11) is 1.28. The smallest absolute Gasteiger partial charge is 0.407 e. The van der Waals surface area contributed by atoms with Crippen LogP contribution < -0.4 is 10.6 Å². The van der Waals surface area contributed by atoms with Gasteiger partial charge in [0.15, 0.2) is 0 Å². The lowest BCUT2D eigenvalue weighted by molar-refractivity contribution is -0.126. The molecule has 6 nitrogen and oxygen atoms in total. The Morgan fingerprint density at radius 2 is 1.88 bits per heavy atom. The molecule has 1 heterocycles.